The molecule has 0 aromatic rings. The summed E-state index contributed by atoms with van der Waals surface area (Å²) < 4.78 is 5.59. The van der Waals surface area contributed by atoms with Crippen LogP contribution in [0.25, 0.3) is 0 Å². The molecule has 84 valence electrons. The molecule has 1 heterocycles. The third kappa shape index (κ3) is 5.32. The molecule has 0 radical (unpaired) electrons. The van der Waals surface area contributed by atoms with Gasteiger partial charge >= 0.3 is 0 Å². The Morgan fingerprint density at radius 1 is 1.50 bits per heavy atom. The standard InChI is InChI=1S/C11H22BrNO/c1-10(12)5-7-13(2)8-6-11-4-3-9-14-11/h10-11H,3-9H2,1-2H3. The van der Waals surface area contributed by atoms with Gasteiger partial charge in [-0.05, 0) is 39.3 Å². The Hall–Kier alpha value is 0.400. The van der Waals surface area contributed by atoms with Crippen molar-refractivity contribution in [3.63, 3.8) is 0 Å². The van der Waals surface area contributed by atoms with Crippen LogP contribution in [0.2, 0.25) is 0 Å². The number of rotatable bonds is 6. The van der Waals surface area contributed by atoms with Crippen LogP contribution < -0.4 is 0 Å². The fourth-order valence-corrected chi connectivity index (χ4v) is 1.95. The summed E-state index contributed by atoms with van der Waals surface area (Å²) in [7, 11) is 2.20. The van der Waals surface area contributed by atoms with Crippen LogP contribution in [0.3, 0.4) is 0 Å². The zero-order valence-corrected chi connectivity index (χ0v) is 10.9. The maximum absolute atomic E-state index is 5.59. The summed E-state index contributed by atoms with van der Waals surface area (Å²) in [5.41, 5.74) is 0. The van der Waals surface area contributed by atoms with Crippen molar-refractivity contribution in [1.82, 2.24) is 4.90 Å². The lowest BCUT2D eigenvalue weighted by Gasteiger charge is -2.19. The molecule has 1 aliphatic heterocycles. The summed E-state index contributed by atoms with van der Waals surface area (Å²) in [5.74, 6) is 0. The molecule has 0 aliphatic carbocycles. The van der Waals surface area contributed by atoms with E-state index in [0.717, 1.165) is 6.61 Å². The first-order valence-electron chi connectivity index (χ1n) is 5.62. The minimum atomic E-state index is 0.541. The lowest BCUT2D eigenvalue weighted by atomic mass is 10.2. The SMILES string of the molecule is CC(Br)CCN(C)CCC1CCCO1. The molecule has 2 atom stereocenters. The van der Waals surface area contributed by atoms with Crippen molar-refractivity contribution in [2.75, 3.05) is 26.7 Å². The monoisotopic (exact) mass is 263 g/mol. The van der Waals surface area contributed by atoms with E-state index in [1.165, 1.54) is 38.8 Å². The minimum Gasteiger partial charge on any atom is -0.378 e. The van der Waals surface area contributed by atoms with Crippen molar-refractivity contribution in [2.24, 2.45) is 0 Å². The van der Waals surface area contributed by atoms with Crippen LogP contribution in [0.1, 0.15) is 32.6 Å². The number of alkyl halides is 1. The highest BCUT2D eigenvalue weighted by atomic mass is 79.9. The summed E-state index contributed by atoms with van der Waals surface area (Å²) in [6.07, 6.45) is 5.49. The van der Waals surface area contributed by atoms with E-state index in [4.69, 9.17) is 4.74 Å². The summed E-state index contributed by atoms with van der Waals surface area (Å²) in [4.78, 5) is 3.03. The van der Waals surface area contributed by atoms with E-state index >= 15 is 0 Å². The van der Waals surface area contributed by atoms with Gasteiger partial charge < -0.3 is 9.64 Å². The molecule has 0 saturated carbocycles. The molecule has 0 bridgehead atoms. The highest BCUT2D eigenvalue weighted by Gasteiger charge is 2.15. The number of hydrogen-bond donors (Lipinski definition) is 0. The summed E-state index contributed by atoms with van der Waals surface area (Å²) in [6, 6.07) is 0. The summed E-state index contributed by atoms with van der Waals surface area (Å²) in [5, 5.41) is 0. The first-order valence-corrected chi connectivity index (χ1v) is 6.54. The van der Waals surface area contributed by atoms with Crippen LogP contribution in [-0.2, 0) is 4.74 Å². The largest absolute Gasteiger partial charge is 0.378 e. The molecule has 0 amide bonds. The maximum Gasteiger partial charge on any atom is 0.0588 e. The van der Waals surface area contributed by atoms with Crippen molar-refractivity contribution in [3.8, 4) is 0 Å². The molecule has 1 fully saturated rings. The third-order valence-corrected chi connectivity index (χ3v) is 3.22. The number of ether oxygens (including phenoxy) is 1. The second kappa shape index (κ2) is 6.81. The van der Waals surface area contributed by atoms with Crippen molar-refractivity contribution in [2.45, 2.75) is 43.5 Å². The Bertz CT molecular complexity index is 146. The molecule has 2 unspecified atom stereocenters. The minimum absolute atomic E-state index is 0.541. The Kier molecular flexibility index (Phi) is 6.06. The zero-order valence-electron chi connectivity index (χ0n) is 9.34. The van der Waals surface area contributed by atoms with Crippen LogP contribution in [0.5, 0.6) is 0 Å². The first kappa shape index (κ1) is 12.5. The summed E-state index contributed by atoms with van der Waals surface area (Å²) >= 11 is 3.57. The molecule has 2 nitrogen and oxygen atoms in total. The molecule has 0 spiro atoms. The van der Waals surface area contributed by atoms with Gasteiger partial charge in [0.1, 0.15) is 0 Å². The van der Waals surface area contributed by atoms with Crippen LogP contribution in [0, 0.1) is 0 Å². The van der Waals surface area contributed by atoms with Crippen molar-refractivity contribution < 1.29 is 4.74 Å². The van der Waals surface area contributed by atoms with E-state index < -0.39 is 0 Å². The molecular weight excluding hydrogens is 242 g/mol. The molecule has 1 aliphatic rings. The molecule has 0 aromatic heterocycles. The molecule has 3 heteroatoms. The zero-order chi connectivity index (χ0) is 10.4. The van der Waals surface area contributed by atoms with Gasteiger partial charge in [-0.3, -0.25) is 0 Å². The number of nitrogens with zero attached hydrogens (tertiary/aromatic N) is 1. The van der Waals surface area contributed by atoms with Crippen LogP contribution in [-0.4, -0.2) is 42.6 Å². The molecule has 0 aromatic carbocycles. The fourth-order valence-electron chi connectivity index (χ4n) is 1.75. The van der Waals surface area contributed by atoms with E-state index in [-0.39, 0.29) is 0 Å². The van der Waals surface area contributed by atoms with Gasteiger partial charge in [0, 0.05) is 18.0 Å². The van der Waals surface area contributed by atoms with Crippen LogP contribution in [0.15, 0.2) is 0 Å². The highest BCUT2D eigenvalue weighted by Crippen LogP contribution is 2.15. The predicted octanol–water partition coefficient (Wildman–Crippen LogP) is 2.66. The highest BCUT2D eigenvalue weighted by molar-refractivity contribution is 9.09. The lowest BCUT2D eigenvalue weighted by molar-refractivity contribution is 0.0950. The second-order valence-corrected chi connectivity index (χ2v) is 5.86. The molecule has 14 heavy (non-hydrogen) atoms. The molecule has 1 saturated heterocycles. The van der Waals surface area contributed by atoms with E-state index in [2.05, 4.69) is 34.8 Å². The Balaban J connectivity index is 1.99. The number of halogens is 1. The Morgan fingerprint density at radius 2 is 2.29 bits per heavy atom. The van der Waals surface area contributed by atoms with Crippen molar-refractivity contribution in [3.05, 3.63) is 0 Å². The summed E-state index contributed by atoms with van der Waals surface area (Å²) in [6.45, 7) is 5.53. The quantitative estimate of drug-likeness (QED) is 0.684. The van der Waals surface area contributed by atoms with Gasteiger partial charge in [-0.2, -0.15) is 0 Å². The van der Waals surface area contributed by atoms with Gasteiger partial charge in [0.05, 0.1) is 6.10 Å². The van der Waals surface area contributed by atoms with Gasteiger partial charge in [-0.1, -0.05) is 22.9 Å². The van der Waals surface area contributed by atoms with Gasteiger partial charge in [0.2, 0.25) is 0 Å². The van der Waals surface area contributed by atoms with Gasteiger partial charge in [-0.15, -0.1) is 0 Å². The van der Waals surface area contributed by atoms with E-state index in [9.17, 15) is 0 Å². The lowest BCUT2D eigenvalue weighted by Crippen LogP contribution is -2.25. The second-order valence-electron chi connectivity index (χ2n) is 4.30. The number of hydrogen-bond acceptors (Lipinski definition) is 2. The van der Waals surface area contributed by atoms with Crippen LogP contribution in [0.4, 0.5) is 0 Å². The molecule has 0 N–H and O–H groups in total. The molecule has 1 rings (SSSR count). The third-order valence-electron chi connectivity index (χ3n) is 2.77. The topological polar surface area (TPSA) is 12.5 Å². The van der Waals surface area contributed by atoms with E-state index in [0.29, 0.717) is 10.9 Å². The van der Waals surface area contributed by atoms with Gasteiger partial charge in [0.25, 0.3) is 0 Å². The average molecular weight is 264 g/mol. The smallest absolute Gasteiger partial charge is 0.0588 e. The predicted molar refractivity (Wildman–Crippen MR) is 64.1 cm³/mol. The van der Waals surface area contributed by atoms with Crippen LogP contribution >= 0.6 is 15.9 Å². The molecular formula is C11H22BrNO. The van der Waals surface area contributed by atoms with E-state index in [1.807, 2.05) is 0 Å². The van der Waals surface area contributed by atoms with Crippen molar-refractivity contribution >= 4 is 15.9 Å². The Morgan fingerprint density at radius 3 is 2.86 bits per heavy atom. The van der Waals surface area contributed by atoms with E-state index in [1.54, 1.807) is 0 Å². The normalized spacial score (nSPS) is 24.4. The average Bonchev–Trinajstić information content (AvgIpc) is 2.63. The van der Waals surface area contributed by atoms with Crippen molar-refractivity contribution in [1.29, 1.82) is 0 Å². The maximum atomic E-state index is 5.59. The van der Waals surface area contributed by atoms with Gasteiger partial charge in [0.15, 0.2) is 0 Å². The first-order chi connectivity index (χ1) is 6.68. The fraction of sp³-hybridized carbons (Fsp3) is 1.00. The van der Waals surface area contributed by atoms with Gasteiger partial charge in [-0.25, -0.2) is 0 Å². The Labute approximate surface area is 96.1 Å².